The standard InChI is InChI=1S/C19H32N2O2/c1-5-6-7-8-9-15(2)21-14-19(3,4)23-18(22)16-10-12-17(20)13-11-16/h10-13,15,21H,5-9,14,20H2,1-4H3. The Kier molecular flexibility index (Phi) is 8.10. The number of benzene rings is 1. The second kappa shape index (κ2) is 9.56. The molecule has 0 fully saturated rings. The van der Waals surface area contributed by atoms with Gasteiger partial charge in [0.15, 0.2) is 0 Å². The van der Waals surface area contributed by atoms with Gasteiger partial charge in [-0.05, 0) is 51.5 Å². The maximum atomic E-state index is 12.2. The van der Waals surface area contributed by atoms with Crippen molar-refractivity contribution in [2.24, 2.45) is 0 Å². The molecular weight excluding hydrogens is 288 g/mol. The first kappa shape index (κ1) is 19.5. The fourth-order valence-corrected chi connectivity index (χ4v) is 2.36. The highest BCUT2D eigenvalue weighted by Gasteiger charge is 2.24. The summed E-state index contributed by atoms with van der Waals surface area (Å²) in [6.45, 7) is 8.91. The first-order valence-electron chi connectivity index (χ1n) is 8.66. The van der Waals surface area contributed by atoms with Gasteiger partial charge >= 0.3 is 5.97 Å². The van der Waals surface area contributed by atoms with Gasteiger partial charge in [-0.2, -0.15) is 0 Å². The van der Waals surface area contributed by atoms with Crippen LogP contribution in [-0.2, 0) is 4.74 Å². The number of carbonyl (C=O) groups is 1. The van der Waals surface area contributed by atoms with E-state index in [0.29, 0.717) is 23.8 Å². The normalized spacial score (nSPS) is 12.9. The van der Waals surface area contributed by atoms with Crippen LogP contribution in [-0.4, -0.2) is 24.2 Å². The van der Waals surface area contributed by atoms with Crippen molar-refractivity contribution in [2.45, 2.75) is 71.4 Å². The van der Waals surface area contributed by atoms with E-state index in [-0.39, 0.29) is 5.97 Å². The lowest BCUT2D eigenvalue weighted by molar-refractivity contribution is -0.00142. The van der Waals surface area contributed by atoms with E-state index in [1.54, 1.807) is 24.3 Å². The fraction of sp³-hybridized carbons (Fsp3) is 0.632. The molecule has 0 spiro atoms. The summed E-state index contributed by atoms with van der Waals surface area (Å²) >= 11 is 0. The number of nitrogens with two attached hydrogens (primary N) is 1. The molecule has 23 heavy (non-hydrogen) atoms. The molecule has 1 rings (SSSR count). The average molecular weight is 320 g/mol. The zero-order valence-electron chi connectivity index (χ0n) is 15.0. The van der Waals surface area contributed by atoms with Crippen LogP contribution in [0.1, 0.15) is 70.2 Å². The van der Waals surface area contributed by atoms with Gasteiger partial charge in [0.1, 0.15) is 5.60 Å². The molecule has 0 saturated carbocycles. The summed E-state index contributed by atoms with van der Waals surface area (Å²) in [5.41, 5.74) is 6.25. The van der Waals surface area contributed by atoms with Crippen molar-refractivity contribution in [3.63, 3.8) is 0 Å². The zero-order chi connectivity index (χ0) is 17.3. The van der Waals surface area contributed by atoms with E-state index in [0.717, 1.165) is 6.42 Å². The van der Waals surface area contributed by atoms with Gasteiger partial charge in [0, 0.05) is 18.3 Å². The Bertz CT molecular complexity index is 469. The predicted octanol–water partition coefficient (Wildman–Crippen LogP) is 4.15. The van der Waals surface area contributed by atoms with Crippen LogP contribution in [0.25, 0.3) is 0 Å². The van der Waals surface area contributed by atoms with Crippen LogP contribution in [0.3, 0.4) is 0 Å². The van der Waals surface area contributed by atoms with Crippen molar-refractivity contribution in [3.8, 4) is 0 Å². The van der Waals surface area contributed by atoms with Crippen molar-refractivity contribution in [3.05, 3.63) is 29.8 Å². The summed E-state index contributed by atoms with van der Waals surface area (Å²) in [6, 6.07) is 7.23. The lowest BCUT2D eigenvalue weighted by Crippen LogP contribution is -2.42. The molecule has 4 heteroatoms. The third kappa shape index (κ3) is 8.03. The van der Waals surface area contributed by atoms with Crippen molar-refractivity contribution in [1.29, 1.82) is 0 Å². The van der Waals surface area contributed by atoms with Gasteiger partial charge < -0.3 is 15.8 Å². The molecule has 0 aliphatic carbocycles. The average Bonchev–Trinajstić information content (AvgIpc) is 2.50. The Morgan fingerprint density at radius 2 is 1.87 bits per heavy atom. The van der Waals surface area contributed by atoms with E-state index in [9.17, 15) is 4.79 Å². The third-order valence-corrected chi connectivity index (χ3v) is 3.88. The number of rotatable bonds is 10. The number of anilines is 1. The minimum Gasteiger partial charge on any atom is -0.455 e. The minimum absolute atomic E-state index is 0.313. The number of carbonyl (C=O) groups excluding carboxylic acids is 1. The number of nitrogen functional groups attached to an aromatic ring is 1. The number of unbranched alkanes of at least 4 members (excludes halogenated alkanes) is 3. The predicted molar refractivity (Wildman–Crippen MR) is 96.6 cm³/mol. The SMILES string of the molecule is CCCCCCC(C)NCC(C)(C)OC(=O)c1ccc(N)cc1. The summed E-state index contributed by atoms with van der Waals surface area (Å²) in [5.74, 6) is -0.313. The molecule has 0 radical (unpaired) electrons. The molecular formula is C19H32N2O2. The highest BCUT2D eigenvalue weighted by Crippen LogP contribution is 2.14. The van der Waals surface area contributed by atoms with E-state index < -0.39 is 5.60 Å². The molecule has 3 N–H and O–H groups in total. The zero-order valence-corrected chi connectivity index (χ0v) is 15.0. The lowest BCUT2D eigenvalue weighted by atomic mass is 10.1. The molecule has 4 nitrogen and oxygen atoms in total. The van der Waals surface area contributed by atoms with E-state index in [4.69, 9.17) is 10.5 Å². The van der Waals surface area contributed by atoms with Crippen LogP contribution >= 0.6 is 0 Å². The van der Waals surface area contributed by atoms with Crippen LogP contribution in [0.5, 0.6) is 0 Å². The van der Waals surface area contributed by atoms with Gasteiger partial charge in [0.05, 0.1) is 5.56 Å². The van der Waals surface area contributed by atoms with Gasteiger partial charge in [-0.3, -0.25) is 0 Å². The monoisotopic (exact) mass is 320 g/mol. The van der Waals surface area contributed by atoms with Gasteiger partial charge in [-0.15, -0.1) is 0 Å². The molecule has 1 unspecified atom stereocenters. The molecule has 130 valence electrons. The Morgan fingerprint density at radius 3 is 2.48 bits per heavy atom. The summed E-state index contributed by atoms with van der Waals surface area (Å²) < 4.78 is 5.61. The molecule has 0 aliphatic heterocycles. The maximum absolute atomic E-state index is 12.2. The summed E-state index contributed by atoms with van der Waals surface area (Å²) in [4.78, 5) is 12.2. The molecule has 0 bridgehead atoms. The molecule has 0 aliphatic rings. The number of hydrogen-bond donors (Lipinski definition) is 2. The van der Waals surface area contributed by atoms with Crippen LogP contribution < -0.4 is 11.1 Å². The second-order valence-electron chi connectivity index (χ2n) is 6.90. The maximum Gasteiger partial charge on any atom is 0.338 e. The molecule has 0 aromatic heterocycles. The highest BCUT2D eigenvalue weighted by atomic mass is 16.6. The Balaban J connectivity index is 2.37. The molecule has 0 saturated heterocycles. The summed E-state index contributed by atoms with van der Waals surface area (Å²) in [5, 5.41) is 3.47. The molecule has 1 aromatic carbocycles. The van der Waals surface area contributed by atoms with Crippen molar-refractivity contribution in [2.75, 3.05) is 12.3 Å². The topological polar surface area (TPSA) is 64.3 Å². The van der Waals surface area contributed by atoms with Crippen molar-refractivity contribution in [1.82, 2.24) is 5.32 Å². The molecule has 1 atom stereocenters. The second-order valence-corrected chi connectivity index (χ2v) is 6.90. The lowest BCUT2D eigenvalue weighted by Gasteiger charge is -2.27. The van der Waals surface area contributed by atoms with Crippen LogP contribution in [0.2, 0.25) is 0 Å². The molecule has 0 heterocycles. The van der Waals surface area contributed by atoms with Gasteiger partial charge in [0.25, 0.3) is 0 Å². The minimum atomic E-state index is -0.545. The van der Waals surface area contributed by atoms with Crippen molar-refractivity contribution >= 4 is 11.7 Å². The summed E-state index contributed by atoms with van der Waals surface area (Å²) in [7, 11) is 0. The van der Waals surface area contributed by atoms with Crippen molar-refractivity contribution < 1.29 is 9.53 Å². The van der Waals surface area contributed by atoms with E-state index in [1.165, 1.54) is 25.7 Å². The Hall–Kier alpha value is -1.55. The van der Waals surface area contributed by atoms with Gasteiger partial charge in [-0.25, -0.2) is 4.79 Å². The largest absolute Gasteiger partial charge is 0.455 e. The van der Waals surface area contributed by atoms with E-state index in [1.807, 2.05) is 13.8 Å². The smallest absolute Gasteiger partial charge is 0.338 e. The number of hydrogen-bond acceptors (Lipinski definition) is 4. The highest BCUT2D eigenvalue weighted by molar-refractivity contribution is 5.90. The van der Waals surface area contributed by atoms with E-state index in [2.05, 4.69) is 19.2 Å². The molecule has 0 amide bonds. The Morgan fingerprint density at radius 1 is 1.22 bits per heavy atom. The Labute approximate surface area is 140 Å². The van der Waals surface area contributed by atoms with Crippen LogP contribution in [0.4, 0.5) is 5.69 Å². The van der Waals surface area contributed by atoms with Gasteiger partial charge in [0.2, 0.25) is 0 Å². The van der Waals surface area contributed by atoms with Crippen LogP contribution in [0.15, 0.2) is 24.3 Å². The number of esters is 1. The summed E-state index contributed by atoms with van der Waals surface area (Å²) in [6.07, 6.45) is 6.25. The number of nitrogens with one attached hydrogen (secondary N) is 1. The van der Waals surface area contributed by atoms with E-state index >= 15 is 0 Å². The van der Waals surface area contributed by atoms with Crippen LogP contribution in [0, 0.1) is 0 Å². The fourth-order valence-electron chi connectivity index (χ4n) is 2.36. The van der Waals surface area contributed by atoms with Gasteiger partial charge in [-0.1, -0.05) is 32.6 Å². The third-order valence-electron chi connectivity index (χ3n) is 3.88. The number of ether oxygens (including phenoxy) is 1. The quantitative estimate of drug-likeness (QED) is 0.386. The molecule has 1 aromatic rings. The first-order valence-corrected chi connectivity index (χ1v) is 8.66. The first-order chi connectivity index (χ1) is 10.8.